The fraction of sp³-hybridized carbons (Fsp3) is 0.769. The quantitative estimate of drug-likeness (QED) is 0.482. The van der Waals surface area contributed by atoms with Crippen molar-refractivity contribution in [3.05, 3.63) is 0 Å². The van der Waals surface area contributed by atoms with E-state index in [1.54, 1.807) is 0 Å². The number of rotatable bonds is 11. The van der Waals surface area contributed by atoms with Gasteiger partial charge in [-0.3, -0.25) is 4.79 Å². The molecule has 0 amide bonds. The summed E-state index contributed by atoms with van der Waals surface area (Å²) in [4.78, 5) is 14.6. The normalized spacial score (nSPS) is 10.8. The molecule has 0 unspecified atom stereocenters. The highest BCUT2D eigenvalue weighted by Gasteiger charge is 2.09. The highest BCUT2D eigenvalue weighted by Crippen LogP contribution is 2.17. The lowest BCUT2D eigenvalue weighted by Crippen LogP contribution is -2.12. The first-order valence-electron chi connectivity index (χ1n) is 7.18. The van der Waals surface area contributed by atoms with Gasteiger partial charge in [0.2, 0.25) is 11.1 Å². The Morgan fingerprint density at radius 3 is 2.55 bits per heavy atom. The van der Waals surface area contributed by atoms with E-state index in [9.17, 15) is 4.79 Å². The van der Waals surface area contributed by atoms with Crippen molar-refractivity contribution >= 4 is 23.7 Å². The minimum absolute atomic E-state index is 0.162. The van der Waals surface area contributed by atoms with Crippen molar-refractivity contribution in [3.63, 3.8) is 0 Å². The number of thioether (sulfide) groups is 1. The number of carboxylic acid groups (broad SMARTS) is 1. The minimum atomic E-state index is -0.967. The predicted molar refractivity (Wildman–Crippen MR) is 80.8 cm³/mol. The third-order valence-corrected chi connectivity index (χ3v) is 3.87. The molecular weight excluding hydrogens is 276 g/mol. The molecule has 7 heteroatoms. The second-order valence-corrected chi connectivity index (χ2v) is 5.84. The first kappa shape index (κ1) is 16.8. The molecule has 0 fully saturated rings. The Bertz CT molecular complexity index is 409. The van der Waals surface area contributed by atoms with Crippen molar-refractivity contribution in [2.45, 2.75) is 63.6 Å². The molecule has 0 aliphatic carbocycles. The maximum Gasteiger partial charge on any atom is 0.325 e. The van der Waals surface area contributed by atoms with E-state index in [4.69, 9.17) is 10.8 Å². The van der Waals surface area contributed by atoms with Crippen molar-refractivity contribution in [3.8, 4) is 0 Å². The van der Waals surface area contributed by atoms with E-state index in [1.807, 2.05) is 0 Å². The first-order valence-corrected chi connectivity index (χ1v) is 8.17. The molecule has 3 N–H and O–H groups in total. The van der Waals surface area contributed by atoms with Gasteiger partial charge in [0.25, 0.3) is 0 Å². The van der Waals surface area contributed by atoms with Crippen molar-refractivity contribution in [1.82, 2.24) is 14.8 Å². The molecule has 0 aliphatic rings. The molecule has 1 rings (SSSR count). The third kappa shape index (κ3) is 6.79. The van der Waals surface area contributed by atoms with Gasteiger partial charge in [0, 0.05) is 5.75 Å². The number of unbranched alkanes of at least 4 members (excludes halogenated alkanes) is 6. The van der Waals surface area contributed by atoms with Gasteiger partial charge in [-0.25, -0.2) is 4.68 Å². The SMILES string of the molecule is CCCCCCCCCSc1nc(N)n(CC(=O)O)n1. The van der Waals surface area contributed by atoms with Crippen molar-refractivity contribution in [2.24, 2.45) is 0 Å². The number of nitrogens with two attached hydrogens (primary N) is 1. The first-order chi connectivity index (χ1) is 9.63. The van der Waals surface area contributed by atoms with Gasteiger partial charge in [-0.15, -0.1) is 5.10 Å². The van der Waals surface area contributed by atoms with Crippen LogP contribution < -0.4 is 5.73 Å². The van der Waals surface area contributed by atoms with Crippen LogP contribution in [-0.2, 0) is 11.3 Å². The second-order valence-electron chi connectivity index (χ2n) is 4.77. The van der Waals surface area contributed by atoms with Gasteiger partial charge in [0.1, 0.15) is 6.54 Å². The van der Waals surface area contributed by atoms with Gasteiger partial charge in [0.15, 0.2) is 0 Å². The number of nitrogens with zero attached hydrogens (tertiary/aromatic N) is 3. The molecule has 1 heterocycles. The fourth-order valence-electron chi connectivity index (χ4n) is 1.86. The Balaban J connectivity index is 2.14. The van der Waals surface area contributed by atoms with Gasteiger partial charge < -0.3 is 10.8 Å². The number of aliphatic carboxylic acids is 1. The lowest BCUT2D eigenvalue weighted by atomic mass is 10.1. The standard InChI is InChI=1S/C13H24N4O2S/c1-2-3-4-5-6-7-8-9-20-13-15-12(14)17(16-13)10-11(18)19/h2-10H2,1H3,(H,18,19)(H2,14,15,16). The Morgan fingerprint density at radius 1 is 1.25 bits per heavy atom. The van der Waals surface area contributed by atoms with Crippen LogP contribution in [0.3, 0.4) is 0 Å². The molecule has 6 nitrogen and oxygen atoms in total. The molecule has 0 saturated heterocycles. The van der Waals surface area contributed by atoms with Crippen LogP contribution in [-0.4, -0.2) is 31.6 Å². The Kier molecular flexibility index (Phi) is 8.10. The van der Waals surface area contributed by atoms with Crippen molar-refractivity contribution < 1.29 is 9.90 Å². The molecule has 1 aromatic rings. The van der Waals surface area contributed by atoms with E-state index in [-0.39, 0.29) is 12.5 Å². The van der Waals surface area contributed by atoms with Crippen molar-refractivity contribution in [2.75, 3.05) is 11.5 Å². The highest BCUT2D eigenvalue weighted by atomic mass is 32.2. The molecule has 20 heavy (non-hydrogen) atoms. The lowest BCUT2D eigenvalue weighted by molar-refractivity contribution is -0.137. The van der Waals surface area contributed by atoms with Crippen LogP contribution in [0.1, 0.15) is 51.9 Å². The summed E-state index contributed by atoms with van der Waals surface area (Å²) in [7, 11) is 0. The zero-order valence-electron chi connectivity index (χ0n) is 12.0. The molecule has 0 spiro atoms. The van der Waals surface area contributed by atoms with E-state index >= 15 is 0 Å². The number of aromatic nitrogens is 3. The summed E-state index contributed by atoms with van der Waals surface area (Å²) in [6.45, 7) is 1.98. The van der Waals surface area contributed by atoms with E-state index in [2.05, 4.69) is 17.0 Å². The molecule has 0 atom stereocenters. The maximum atomic E-state index is 10.6. The summed E-state index contributed by atoms with van der Waals surface area (Å²) >= 11 is 1.53. The summed E-state index contributed by atoms with van der Waals surface area (Å²) in [5.41, 5.74) is 5.60. The number of hydrogen-bond donors (Lipinski definition) is 2. The fourth-order valence-corrected chi connectivity index (χ4v) is 2.71. The third-order valence-electron chi connectivity index (χ3n) is 2.94. The maximum absolute atomic E-state index is 10.6. The zero-order valence-corrected chi connectivity index (χ0v) is 12.9. The van der Waals surface area contributed by atoms with Crippen LogP contribution >= 0.6 is 11.8 Å². The zero-order chi connectivity index (χ0) is 14.8. The highest BCUT2D eigenvalue weighted by molar-refractivity contribution is 7.99. The van der Waals surface area contributed by atoms with Gasteiger partial charge in [-0.2, -0.15) is 4.98 Å². The van der Waals surface area contributed by atoms with Crippen LogP contribution in [0, 0.1) is 0 Å². The summed E-state index contributed by atoms with van der Waals surface area (Å²) in [6.07, 6.45) is 8.90. The molecule has 1 aromatic heterocycles. The van der Waals surface area contributed by atoms with Gasteiger partial charge in [-0.1, -0.05) is 57.2 Å². The number of anilines is 1. The van der Waals surface area contributed by atoms with Gasteiger partial charge in [-0.05, 0) is 6.42 Å². The minimum Gasteiger partial charge on any atom is -0.480 e. The summed E-state index contributed by atoms with van der Waals surface area (Å²) in [6, 6.07) is 0. The number of nitrogen functional groups attached to an aromatic ring is 1. The van der Waals surface area contributed by atoms with E-state index in [1.165, 1.54) is 55.0 Å². The van der Waals surface area contributed by atoms with E-state index in [0.717, 1.165) is 12.2 Å². The molecule has 0 radical (unpaired) electrons. The van der Waals surface area contributed by atoms with Crippen LogP contribution in [0.4, 0.5) is 5.95 Å². The Labute approximate surface area is 124 Å². The predicted octanol–water partition coefficient (Wildman–Crippen LogP) is 2.79. The average molecular weight is 300 g/mol. The number of carboxylic acids is 1. The molecule has 0 aliphatic heterocycles. The van der Waals surface area contributed by atoms with Crippen LogP contribution in [0.2, 0.25) is 0 Å². The van der Waals surface area contributed by atoms with Crippen LogP contribution in [0.25, 0.3) is 0 Å². The van der Waals surface area contributed by atoms with Crippen LogP contribution in [0.15, 0.2) is 5.16 Å². The summed E-state index contributed by atoms with van der Waals surface area (Å²) in [5, 5.41) is 13.3. The van der Waals surface area contributed by atoms with Gasteiger partial charge >= 0.3 is 5.97 Å². The van der Waals surface area contributed by atoms with Crippen molar-refractivity contribution in [1.29, 1.82) is 0 Å². The smallest absolute Gasteiger partial charge is 0.325 e. The molecule has 0 bridgehead atoms. The Morgan fingerprint density at radius 2 is 1.90 bits per heavy atom. The molecule has 0 saturated carbocycles. The second kappa shape index (κ2) is 9.63. The monoisotopic (exact) mass is 300 g/mol. The summed E-state index contributed by atoms with van der Waals surface area (Å²) < 4.78 is 1.22. The summed E-state index contributed by atoms with van der Waals surface area (Å²) in [5.74, 6) is 0.143. The average Bonchev–Trinajstić information content (AvgIpc) is 2.72. The van der Waals surface area contributed by atoms with Gasteiger partial charge in [0.05, 0.1) is 0 Å². The topological polar surface area (TPSA) is 94.0 Å². The molecule has 0 aromatic carbocycles. The lowest BCUT2D eigenvalue weighted by Gasteiger charge is -2.00. The van der Waals surface area contributed by atoms with Crippen LogP contribution in [0.5, 0.6) is 0 Å². The molecular formula is C13H24N4O2S. The largest absolute Gasteiger partial charge is 0.480 e. The number of hydrogen-bond acceptors (Lipinski definition) is 5. The van der Waals surface area contributed by atoms with E-state index < -0.39 is 5.97 Å². The number of carbonyl (C=O) groups is 1. The van der Waals surface area contributed by atoms with E-state index in [0.29, 0.717) is 5.16 Å². The Hall–Kier alpha value is -1.24. The molecule has 114 valence electrons.